The average molecular weight is 389 g/mol. The van der Waals surface area contributed by atoms with E-state index < -0.39 is 9.84 Å². The summed E-state index contributed by atoms with van der Waals surface area (Å²) in [5.74, 6) is -0.413. The lowest BCUT2D eigenvalue weighted by Gasteiger charge is -2.23. The molecule has 1 aromatic heterocycles. The second kappa shape index (κ2) is 7.55. The largest absolute Gasteiger partial charge is 0.337 e. The van der Waals surface area contributed by atoms with Crippen LogP contribution in [0.5, 0.6) is 0 Å². The number of rotatable bonds is 6. The first-order valence-corrected chi connectivity index (χ1v) is 10.7. The molecule has 0 radical (unpaired) electrons. The van der Waals surface area contributed by atoms with Crippen molar-refractivity contribution >= 4 is 37.3 Å². The first-order valence-electron chi connectivity index (χ1n) is 8.27. The number of carbonyl (C=O) groups is 1. The molecule has 2 aromatic carbocycles. The van der Waals surface area contributed by atoms with Crippen LogP contribution in [-0.4, -0.2) is 37.0 Å². The van der Waals surface area contributed by atoms with E-state index in [0.717, 1.165) is 15.2 Å². The van der Waals surface area contributed by atoms with Crippen molar-refractivity contribution in [1.29, 1.82) is 0 Å². The van der Waals surface area contributed by atoms with E-state index in [1.54, 1.807) is 53.6 Å². The van der Waals surface area contributed by atoms with Gasteiger partial charge in [-0.1, -0.05) is 30.3 Å². The van der Waals surface area contributed by atoms with Crippen LogP contribution in [0.1, 0.15) is 24.4 Å². The fourth-order valence-corrected chi connectivity index (χ4v) is 4.91. The number of nitrogens with zero attached hydrogens (tertiary/aromatic N) is 2. The fourth-order valence-electron chi connectivity index (χ4n) is 2.59. The smallest absolute Gasteiger partial charge is 0.223 e. The molecule has 0 fully saturated rings. The van der Waals surface area contributed by atoms with Crippen molar-refractivity contribution in [2.45, 2.75) is 24.3 Å². The molecule has 0 aliphatic rings. The summed E-state index contributed by atoms with van der Waals surface area (Å²) >= 11 is 1.55. The third-order valence-corrected chi connectivity index (χ3v) is 7.27. The molecule has 0 N–H and O–H groups in total. The minimum atomic E-state index is -3.46. The third kappa shape index (κ3) is 3.94. The Kier molecular flexibility index (Phi) is 5.38. The van der Waals surface area contributed by atoms with Gasteiger partial charge < -0.3 is 4.90 Å². The van der Waals surface area contributed by atoms with Crippen molar-refractivity contribution in [3.8, 4) is 0 Å². The first kappa shape index (κ1) is 18.5. The molecule has 136 valence electrons. The van der Waals surface area contributed by atoms with Crippen molar-refractivity contribution in [1.82, 2.24) is 9.88 Å². The maximum absolute atomic E-state index is 12.5. The van der Waals surface area contributed by atoms with Crippen LogP contribution in [0.3, 0.4) is 0 Å². The number of para-hydroxylation sites is 1. The average Bonchev–Trinajstić information content (AvgIpc) is 3.10. The van der Waals surface area contributed by atoms with E-state index >= 15 is 0 Å². The fraction of sp³-hybridized carbons (Fsp3) is 0.263. The van der Waals surface area contributed by atoms with E-state index in [2.05, 4.69) is 4.98 Å². The highest BCUT2D eigenvalue weighted by molar-refractivity contribution is 7.91. The number of carbonyl (C=O) groups excluding carboxylic acids is 1. The van der Waals surface area contributed by atoms with E-state index in [0.29, 0.717) is 0 Å². The Morgan fingerprint density at radius 2 is 1.77 bits per heavy atom. The summed E-state index contributed by atoms with van der Waals surface area (Å²) < 4.78 is 25.7. The Hall–Kier alpha value is -2.25. The van der Waals surface area contributed by atoms with Gasteiger partial charge in [0.15, 0.2) is 9.84 Å². The molecule has 0 unspecified atom stereocenters. The lowest BCUT2D eigenvalue weighted by Crippen LogP contribution is -2.31. The molecule has 1 amide bonds. The standard InChI is InChI=1S/C19H20N2O3S2/c1-14(19-20-16-10-6-7-11-17(16)25-19)21(2)18(22)12-13-26(23,24)15-8-4-3-5-9-15/h3-11,14H,12-13H2,1-2H3/t14-/m1/s1. The summed E-state index contributed by atoms with van der Waals surface area (Å²) in [6.07, 6.45) is -0.0526. The molecule has 3 rings (SSSR count). The molecule has 0 bridgehead atoms. The van der Waals surface area contributed by atoms with Crippen LogP contribution in [0.2, 0.25) is 0 Å². The number of amides is 1. The number of benzene rings is 2. The highest BCUT2D eigenvalue weighted by Gasteiger charge is 2.23. The first-order chi connectivity index (χ1) is 12.4. The summed E-state index contributed by atoms with van der Waals surface area (Å²) in [5.41, 5.74) is 0.909. The number of hydrogen-bond donors (Lipinski definition) is 0. The van der Waals surface area contributed by atoms with Crippen molar-refractivity contribution in [3.05, 3.63) is 59.6 Å². The van der Waals surface area contributed by atoms with Crippen LogP contribution in [0.15, 0.2) is 59.5 Å². The van der Waals surface area contributed by atoms with Gasteiger partial charge in [0.25, 0.3) is 0 Å². The zero-order chi connectivity index (χ0) is 18.7. The summed E-state index contributed by atoms with van der Waals surface area (Å²) in [5, 5.41) is 0.841. The predicted molar refractivity (Wildman–Crippen MR) is 104 cm³/mol. The van der Waals surface area contributed by atoms with Crippen LogP contribution in [-0.2, 0) is 14.6 Å². The Bertz CT molecular complexity index is 980. The van der Waals surface area contributed by atoms with E-state index in [1.165, 1.54) is 0 Å². The molecule has 0 saturated carbocycles. The minimum Gasteiger partial charge on any atom is -0.337 e. The zero-order valence-electron chi connectivity index (χ0n) is 14.6. The molecule has 7 heteroatoms. The topological polar surface area (TPSA) is 67.3 Å². The Balaban J connectivity index is 1.67. The zero-order valence-corrected chi connectivity index (χ0v) is 16.3. The second-order valence-electron chi connectivity index (χ2n) is 6.08. The van der Waals surface area contributed by atoms with Gasteiger partial charge in [-0.2, -0.15) is 0 Å². The van der Waals surface area contributed by atoms with Crippen LogP contribution >= 0.6 is 11.3 Å². The molecule has 0 aliphatic heterocycles. The van der Waals surface area contributed by atoms with Gasteiger partial charge in [-0.25, -0.2) is 13.4 Å². The number of thiazole rings is 1. The highest BCUT2D eigenvalue weighted by atomic mass is 32.2. The third-order valence-electron chi connectivity index (χ3n) is 4.33. The Morgan fingerprint density at radius 1 is 1.12 bits per heavy atom. The Labute approximate surface area is 157 Å². The van der Waals surface area contributed by atoms with Crippen molar-refractivity contribution < 1.29 is 13.2 Å². The second-order valence-corrected chi connectivity index (χ2v) is 9.25. The van der Waals surface area contributed by atoms with Crippen LogP contribution in [0.25, 0.3) is 10.2 Å². The van der Waals surface area contributed by atoms with Crippen LogP contribution in [0, 0.1) is 0 Å². The minimum absolute atomic E-state index is 0.0526. The van der Waals surface area contributed by atoms with Crippen molar-refractivity contribution in [2.24, 2.45) is 0 Å². The van der Waals surface area contributed by atoms with Gasteiger partial charge >= 0.3 is 0 Å². The van der Waals surface area contributed by atoms with E-state index in [1.807, 2.05) is 31.2 Å². The molecule has 0 saturated heterocycles. The molecular formula is C19H20N2O3S2. The molecule has 1 heterocycles. The molecular weight excluding hydrogens is 368 g/mol. The van der Waals surface area contributed by atoms with Gasteiger partial charge in [0.1, 0.15) is 5.01 Å². The summed E-state index contributed by atoms with van der Waals surface area (Å²) in [6, 6.07) is 15.8. The van der Waals surface area contributed by atoms with Gasteiger partial charge in [-0.15, -0.1) is 11.3 Å². The van der Waals surface area contributed by atoms with Gasteiger partial charge in [0.05, 0.1) is 26.9 Å². The summed E-state index contributed by atoms with van der Waals surface area (Å²) in [6.45, 7) is 1.90. The normalized spacial score (nSPS) is 12.8. The van der Waals surface area contributed by atoms with E-state index in [4.69, 9.17) is 0 Å². The number of aromatic nitrogens is 1. The number of fused-ring (bicyclic) bond motifs is 1. The molecule has 0 aliphatic carbocycles. The number of hydrogen-bond acceptors (Lipinski definition) is 5. The predicted octanol–water partition coefficient (Wildman–Crippen LogP) is 3.68. The quantitative estimate of drug-likeness (QED) is 0.646. The van der Waals surface area contributed by atoms with E-state index in [-0.39, 0.29) is 29.0 Å². The maximum atomic E-state index is 12.5. The van der Waals surface area contributed by atoms with Gasteiger partial charge in [0.2, 0.25) is 5.91 Å². The lowest BCUT2D eigenvalue weighted by molar-refractivity contribution is -0.131. The molecule has 3 aromatic rings. The monoisotopic (exact) mass is 388 g/mol. The van der Waals surface area contributed by atoms with Gasteiger partial charge in [-0.3, -0.25) is 4.79 Å². The van der Waals surface area contributed by atoms with Gasteiger partial charge in [-0.05, 0) is 31.2 Å². The Morgan fingerprint density at radius 3 is 2.46 bits per heavy atom. The van der Waals surface area contributed by atoms with Crippen molar-refractivity contribution in [3.63, 3.8) is 0 Å². The molecule has 5 nitrogen and oxygen atoms in total. The highest BCUT2D eigenvalue weighted by Crippen LogP contribution is 2.29. The molecule has 1 atom stereocenters. The molecule has 26 heavy (non-hydrogen) atoms. The van der Waals surface area contributed by atoms with Crippen LogP contribution in [0.4, 0.5) is 0 Å². The van der Waals surface area contributed by atoms with Crippen molar-refractivity contribution in [2.75, 3.05) is 12.8 Å². The SMILES string of the molecule is C[C@H](c1nc2ccccc2s1)N(C)C(=O)CCS(=O)(=O)c1ccccc1. The molecule has 0 spiro atoms. The summed E-state index contributed by atoms with van der Waals surface area (Å²) in [7, 11) is -1.77. The van der Waals surface area contributed by atoms with Gasteiger partial charge in [0, 0.05) is 13.5 Å². The summed E-state index contributed by atoms with van der Waals surface area (Å²) in [4.78, 5) is 18.9. The maximum Gasteiger partial charge on any atom is 0.223 e. The van der Waals surface area contributed by atoms with E-state index in [9.17, 15) is 13.2 Å². The number of sulfone groups is 1. The lowest BCUT2D eigenvalue weighted by atomic mass is 10.3. The van der Waals surface area contributed by atoms with Crippen LogP contribution < -0.4 is 0 Å².